The molecule has 0 spiro atoms. The van der Waals surface area contributed by atoms with Crippen molar-refractivity contribution in [1.82, 2.24) is 15.5 Å². The molecule has 0 radical (unpaired) electrons. The maximum Gasteiger partial charge on any atom is 0.317 e. The van der Waals surface area contributed by atoms with Crippen molar-refractivity contribution < 1.29 is 14.7 Å². The Balaban J connectivity index is 2.34. The van der Waals surface area contributed by atoms with Crippen LogP contribution in [0.25, 0.3) is 0 Å². The molecule has 0 aromatic carbocycles. The van der Waals surface area contributed by atoms with Crippen LogP contribution in [0.3, 0.4) is 0 Å². The summed E-state index contributed by atoms with van der Waals surface area (Å²) in [5.74, 6) is -0.944. The summed E-state index contributed by atoms with van der Waals surface area (Å²) in [5.41, 5.74) is 0. The number of carboxylic acids is 1. The van der Waals surface area contributed by atoms with E-state index in [1.807, 2.05) is 7.05 Å². The van der Waals surface area contributed by atoms with Crippen LogP contribution in [0.4, 0.5) is 4.79 Å². The minimum Gasteiger partial charge on any atom is -0.481 e. The summed E-state index contributed by atoms with van der Waals surface area (Å²) in [6, 6.07) is -0.149. The molecule has 0 aromatic heterocycles. The standard InChI is InChI=1S/C12H23N3O3/c1-9(11(16)17)6-14-12(18)15-5-3-4-10(8-15)7-13-2/h9-10,13H,3-8H2,1-2H3,(H,14,18)(H,16,17). The SMILES string of the molecule is CNCC1CCCN(C(=O)NCC(C)C(=O)O)C1. The van der Waals surface area contributed by atoms with Gasteiger partial charge in [0, 0.05) is 19.6 Å². The molecule has 104 valence electrons. The molecule has 1 heterocycles. The lowest BCUT2D eigenvalue weighted by atomic mass is 9.98. The Kier molecular flexibility index (Phi) is 5.91. The molecule has 1 aliphatic rings. The van der Waals surface area contributed by atoms with Crippen molar-refractivity contribution in [3.05, 3.63) is 0 Å². The highest BCUT2D eigenvalue weighted by Crippen LogP contribution is 2.15. The van der Waals surface area contributed by atoms with Gasteiger partial charge in [0.15, 0.2) is 0 Å². The summed E-state index contributed by atoms with van der Waals surface area (Å²) in [6.07, 6.45) is 2.14. The second-order valence-corrected chi connectivity index (χ2v) is 4.94. The highest BCUT2D eigenvalue weighted by atomic mass is 16.4. The van der Waals surface area contributed by atoms with Gasteiger partial charge in [0.05, 0.1) is 5.92 Å². The summed E-state index contributed by atoms with van der Waals surface area (Å²) in [6.45, 7) is 4.18. The second-order valence-electron chi connectivity index (χ2n) is 4.94. The molecule has 6 nitrogen and oxygen atoms in total. The monoisotopic (exact) mass is 257 g/mol. The van der Waals surface area contributed by atoms with E-state index in [9.17, 15) is 9.59 Å². The van der Waals surface area contributed by atoms with E-state index in [4.69, 9.17) is 5.11 Å². The molecule has 0 aromatic rings. The quantitative estimate of drug-likeness (QED) is 0.663. The zero-order chi connectivity index (χ0) is 13.5. The predicted octanol–water partition coefficient (Wildman–Crippen LogP) is 0.348. The minimum absolute atomic E-state index is 0.149. The Labute approximate surface area is 108 Å². The first-order chi connectivity index (χ1) is 8.54. The zero-order valence-electron chi connectivity index (χ0n) is 11.1. The molecular weight excluding hydrogens is 234 g/mol. The lowest BCUT2D eigenvalue weighted by Crippen LogP contribution is -2.48. The molecule has 1 saturated heterocycles. The summed E-state index contributed by atoms with van der Waals surface area (Å²) in [5, 5.41) is 14.6. The summed E-state index contributed by atoms with van der Waals surface area (Å²) < 4.78 is 0. The van der Waals surface area contributed by atoms with Crippen LogP contribution in [0.2, 0.25) is 0 Å². The van der Waals surface area contributed by atoms with Gasteiger partial charge in [-0.05, 0) is 32.4 Å². The Morgan fingerprint density at radius 2 is 2.22 bits per heavy atom. The van der Waals surface area contributed by atoms with Gasteiger partial charge in [-0.2, -0.15) is 0 Å². The van der Waals surface area contributed by atoms with Gasteiger partial charge in [-0.15, -0.1) is 0 Å². The van der Waals surface area contributed by atoms with E-state index in [0.717, 1.165) is 32.5 Å². The number of carbonyl (C=O) groups excluding carboxylic acids is 1. The number of rotatable bonds is 5. The topological polar surface area (TPSA) is 81.7 Å². The number of nitrogens with one attached hydrogen (secondary N) is 2. The van der Waals surface area contributed by atoms with Gasteiger partial charge in [-0.1, -0.05) is 6.92 Å². The van der Waals surface area contributed by atoms with E-state index < -0.39 is 11.9 Å². The number of likely N-dealkylation sites (tertiary alicyclic amines) is 1. The Bertz CT molecular complexity index is 294. The number of carboxylic acid groups (broad SMARTS) is 1. The van der Waals surface area contributed by atoms with Crippen molar-refractivity contribution in [2.75, 3.05) is 33.2 Å². The molecule has 1 rings (SSSR count). The number of amides is 2. The molecule has 1 aliphatic heterocycles. The Morgan fingerprint density at radius 1 is 1.50 bits per heavy atom. The number of urea groups is 1. The summed E-state index contributed by atoms with van der Waals surface area (Å²) in [7, 11) is 1.91. The first-order valence-corrected chi connectivity index (χ1v) is 6.44. The maximum atomic E-state index is 11.9. The Morgan fingerprint density at radius 3 is 2.83 bits per heavy atom. The molecule has 2 atom stereocenters. The van der Waals surface area contributed by atoms with Gasteiger partial charge in [-0.3, -0.25) is 4.79 Å². The van der Waals surface area contributed by atoms with E-state index in [1.165, 1.54) is 0 Å². The van der Waals surface area contributed by atoms with E-state index in [-0.39, 0.29) is 12.6 Å². The fraction of sp³-hybridized carbons (Fsp3) is 0.833. The van der Waals surface area contributed by atoms with Crippen molar-refractivity contribution in [2.24, 2.45) is 11.8 Å². The third kappa shape index (κ3) is 4.52. The predicted molar refractivity (Wildman–Crippen MR) is 68.4 cm³/mol. The van der Waals surface area contributed by atoms with Gasteiger partial charge in [-0.25, -0.2) is 4.79 Å². The van der Waals surface area contributed by atoms with Crippen LogP contribution < -0.4 is 10.6 Å². The number of hydrogen-bond donors (Lipinski definition) is 3. The first-order valence-electron chi connectivity index (χ1n) is 6.44. The molecule has 6 heteroatoms. The second kappa shape index (κ2) is 7.20. The number of hydrogen-bond acceptors (Lipinski definition) is 3. The molecule has 2 unspecified atom stereocenters. The normalized spacial score (nSPS) is 21.4. The fourth-order valence-electron chi connectivity index (χ4n) is 2.14. The van der Waals surface area contributed by atoms with Crippen molar-refractivity contribution in [3.8, 4) is 0 Å². The van der Waals surface area contributed by atoms with Crippen LogP contribution in [0.15, 0.2) is 0 Å². The van der Waals surface area contributed by atoms with Crippen LogP contribution in [0.1, 0.15) is 19.8 Å². The van der Waals surface area contributed by atoms with Crippen molar-refractivity contribution in [1.29, 1.82) is 0 Å². The van der Waals surface area contributed by atoms with E-state index in [2.05, 4.69) is 10.6 Å². The maximum absolute atomic E-state index is 11.9. The molecule has 1 fully saturated rings. The highest BCUT2D eigenvalue weighted by molar-refractivity contribution is 5.76. The van der Waals surface area contributed by atoms with Gasteiger partial charge in [0.1, 0.15) is 0 Å². The molecule has 2 amide bonds. The number of carbonyl (C=O) groups is 2. The average Bonchev–Trinajstić information content (AvgIpc) is 2.36. The Hall–Kier alpha value is -1.30. The molecule has 0 saturated carbocycles. The van der Waals surface area contributed by atoms with Gasteiger partial charge in [0.2, 0.25) is 0 Å². The number of nitrogens with zero attached hydrogens (tertiary/aromatic N) is 1. The van der Waals surface area contributed by atoms with Gasteiger partial charge >= 0.3 is 12.0 Å². The van der Waals surface area contributed by atoms with Gasteiger partial charge < -0.3 is 20.6 Å². The summed E-state index contributed by atoms with van der Waals surface area (Å²) in [4.78, 5) is 24.3. The molecule has 0 bridgehead atoms. The highest BCUT2D eigenvalue weighted by Gasteiger charge is 2.23. The fourth-order valence-corrected chi connectivity index (χ4v) is 2.14. The summed E-state index contributed by atoms with van der Waals surface area (Å²) >= 11 is 0. The molecular formula is C12H23N3O3. The van der Waals surface area contributed by atoms with Gasteiger partial charge in [0.25, 0.3) is 0 Å². The van der Waals surface area contributed by atoms with Crippen molar-refractivity contribution in [3.63, 3.8) is 0 Å². The zero-order valence-corrected chi connectivity index (χ0v) is 11.1. The smallest absolute Gasteiger partial charge is 0.317 e. The number of piperidine rings is 1. The van der Waals surface area contributed by atoms with Crippen LogP contribution in [-0.4, -0.2) is 55.2 Å². The van der Waals surface area contributed by atoms with E-state index in [1.54, 1.807) is 11.8 Å². The lowest BCUT2D eigenvalue weighted by Gasteiger charge is -2.32. The minimum atomic E-state index is -0.887. The van der Waals surface area contributed by atoms with Crippen LogP contribution in [0, 0.1) is 11.8 Å². The van der Waals surface area contributed by atoms with Crippen LogP contribution >= 0.6 is 0 Å². The van der Waals surface area contributed by atoms with Crippen LogP contribution in [-0.2, 0) is 4.79 Å². The third-order valence-corrected chi connectivity index (χ3v) is 3.28. The molecule has 3 N–H and O–H groups in total. The molecule has 18 heavy (non-hydrogen) atoms. The van der Waals surface area contributed by atoms with Crippen molar-refractivity contribution in [2.45, 2.75) is 19.8 Å². The van der Waals surface area contributed by atoms with E-state index in [0.29, 0.717) is 5.92 Å². The largest absolute Gasteiger partial charge is 0.481 e. The number of aliphatic carboxylic acids is 1. The lowest BCUT2D eigenvalue weighted by molar-refractivity contribution is -0.140. The molecule has 0 aliphatic carbocycles. The third-order valence-electron chi connectivity index (χ3n) is 3.28. The van der Waals surface area contributed by atoms with Crippen LogP contribution in [0.5, 0.6) is 0 Å². The first kappa shape index (κ1) is 14.8. The average molecular weight is 257 g/mol. The van der Waals surface area contributed by atoms with E-state index >= 15 is 0 Å². The van der Waals surface area contributed by atoms with Crippen molar-refractivity contribution >= 4 is 12.0 Å².